The van der Waals surface area contributed by atoms with Crippen LogP contribution in [0, 0.1) is 0 Å². The van der Waals surface area contributed by atoms with Gasteiger partial charge in [-0.1, -0.05) is 6.07 Å². The quantitative estimate of drug-likeness (QED) is 0.648. The summed E-state index contributed by atoms with van der Waals surface area (Å²) in [7, 11) is 1.33. The third-order valence-corrected chi connectivity index (χ3v) is 4.66. The number of methoxy groups -OCH3 is 1. The van der Waals surface area contributed by atoms with E-state index in [4.69, 9.17) is 23.7 Å². The molecule has 0 spiro atoms. The molecule has 10 heteroatoms. The van der Waals surface area contributed by atoms with Crippen molar-refractivity contribution in [1.82, 2.24) is 0 Å². The lowest BCUT2D eigenvalue weighted by atomic mass is 9.98. The molecule has 0 bridgehead atoms. The van der Waals surface area contributed by atoms with E-state index in [0.717, 1.165) is 11.6 Å². The molecule has 0 radical (unpaired) electrons. The van der Waals surface area contributed by atoms with Gasteiger partial charge in [-0.25, -0.2) is 0 Å². The minimum atomic E-state index is -4.83. The van der Waals surface area contributed by atoms with Gasteiger partial charge in [-0.2, -0.15) is 0 Å². The lowest BCUT2D eigenvalue weighted by molar-refractivity contribution is -0.274. The molecule has 2 aliphatic heterocycles. The Labute approximate surface area is 169 Å². The van der Waals surface area contributed by atoms with E-state index in [1.54, 1.807) is 18.2 Å². The van der Waals surface area contributed by atoms with Crippen LogP contribution in [-0.2, 0) is 16.1 Å². The molecule has 0 aliphatic carbocycles. The van der Waals surface area contributed by atoms with Crippen LogP contribution in [0.15, 0.2) is 30.3 Å². The van der Waals surface area contributed by atoms with Crippen molar-refractivity contribution in [3.8, 4) is 28.7 Å². The smallest absolute Gasteiger partial charge is 0.492 e. The predicted octanol–water partition coefficient (Wildman–Crippen LogP) is 3.93. The number of carbonyl (C=O) groups excluding carboxylic acids is 1. The first-order chi connectivity index (χ1) is 14.3. The third kappa shape index (κ3) is 4.32. The van der Waals surface area contributed by atoms with Gasteiger partial charge in [-0.3, -0.25) is 4.79 Å². The molecule has 2 aromatic rings. The van der Waals surface area contributed by atoms with Crippen molar-refractivity contribution in [2.75, 3.05) is 20.5 Å². The summed E-state index contributed by atoms with van der Waals surface area (Å²) in [5.41, 5.74) is 1.21. The van der Waals surface area contributed by atoms with Gasteiger partial charge in [0.2, 0.25) is 6.79 Å². The molecule has 0 unspecified atom stereocenters. The zero-order valence-electron chi connectivity index (χ0n) is 15.8. The van der Waals surface area contributed by atoms with Crippen LogP contribution >= 0.6 is 0 Å². The maximum Gasteiger partial charge on any atom is 0.573 e. The second-order valence-electron chi connectivity index (χ2n) is 6.64. The predicted molar refractivity (Wildman–Crippen MR) is 94.9 cm³/mol. The molecule has 0 fully saturated rings. The van der Waals surface area contributed by atoms with Gasteiger partial charge in [-0.05, 0) is 12.1 Å². The average Bonchev–Trinajstić information content (AvgIpc) is 3.31. The number of halogens is 3. The molecule has 7 nitrogen and oxygen atoms in total. The van der Waals surface area contributed by atoms with Crippen LogP contribution < -0.4 is 23.7 Å². The molecule has 2 aromatic carbocycles. The van der Waals surface area contributed by atoms with E-state index < -0.39 is 12.1 Å². The highest BCUT2D eigenvalue weighted by atomic mass is 19.4. The van der Waals surface area contributed by atoms with Crippen molar-refractivity contribution < 1.29 is 46.4 Å². The molecule has 2 aliphatic rings. The number of benzene rings is 2. The minimum absolute atomic E-state index is 0.0782. The maximum absolute atomic E-state index is 12.6. The Balaban J connectivity index is 1.48. The first kappa shape index (κ1) is 20.0. The van der Waals surface area contributed by atoms with Gasteiger partial charge in [0.1, 0.15) is 23.9 Å². The van der Waals surface area contributed by atoms with Crippen LogP contribution in [0.25, 0.3) is 0 Å². The number of ether oxygens (including phenoxy) is 6. The van der Waals surface area contributed by atoms with E-state index in [9.17, 15) is 18.0 Å². The highest BCUT2D eigenvalue weighted by molar-refractivity contribution is 5.71. The minimum Gasteiger partial charge on any atom is -0.492 e. The molecular formula is C20H17F3O7. The molecule has 30 heavy (non-hydrogen) atoms. The third-order valence-electron chi connectivity index (χ3n) is 4.66. The van der Waals surface area contributed by atoms with E-state index in [1.807, 2.05) is 0 Å². The number of hydrogen-bond donors (Lipinski definition) is 0. The van der Waals surface area contributed by atoms with Gasteiger partial charge in [-0.15, -0.1) is 13.2 Å². The SMILES string of the molecule is COC(=O)C[C@@H]1COc2cc(OCc3cc(OC(F)(F)F)cc4c3OCO4)ccc21. The fourth-order valence-corrected chi connectivity index (χ4v) is 3.32. The van der Waals surface area contributed by atoms with Gasteiger partial charge in [0.05, 0.1) is 20.1 Å². The van der Waals surface area contributed by atoms with Crippen molar-refractivity contribution in [1.29, 1.82) is 0 Å². The fourth-order valence-electron chi connectivity index (χ4n) is 3.32. The number of carbonyl (C=O) groups is 1. The van der Waals surface area contributed by atoms with Gasteiger partial charge >= 0.3 is 12.3 Å². The summed E-state index contributed by atoms with van der Waals surface area (Å²) in [6.07, 6.45) is -4.62. The van der Waals surface area contributed by atoms with Crippen LogP contribution in [0.1, 0.15) is 23.5 Å². The highest BCUT2D eigenvalue weighted by Crippen LogP contribution is 2.42. The van der Waals surface area contributed by atoms with E-state index in [0.29, 0.717) is 29.4 Å². The number of fused-ring (bicyclic) bond motifs is 2. The zero-order valence-corrected chi connectivity index (χ0v) is 15.8. The molecule has 0 saturated carbocycles. The Morgan fingerprint density at radius 2 is 1.90 bits per heavy atom. The lowest BCUT2D eigenvalue weighted by Gasteiger charge is -2.13. The number of rotatable bonds is 6. The largest absolute Gasteiger partial charge is 0.573 e. The van der Waals surface area contributed by atoms with Crippen LogP contribution in [0.4, 0.5) is 13.2 Å². The summed E-state index contributed by atoms with van der Waals surface area (Å²) in [4.78, 5) is 11.5. The summed E-state index contributed by atoms with van der Waals surface area (Å²) < 4.78 is 68.2. The summed E-state index contributed by atoms with van der Waals surface area (Å²) in [5.74, 6) is 0.634. The number of alkyl halides is 3. The van der Waals surface area contributed by atoms with E-state index in [-0.39, 0.29) is 37.5 Å². The molecule has 160 valence electrons. The van der Waals surface area contributed by atoms with Gasteiger partial charge in [0.15, 0.2) is 11.5 Å². The average molecular weight is 426 g/mol. The normalized spacial score (nSPS) is 16.6. The second kappa shape index (κ2) is 7.85. The Hall–Kier alpha value is -3.30. The summed E-state index contributed by atoms with van der Waals surface area (Å²) >= 11 is 0. The number of hydrogen-bond acceptors (Lipinski definition) is 7. The Kier molecular flexibility index (Phi) is 5.23. The monoisotopic (exact) mass is 426 g/mol. The lowest BCUT2D eigenvalue weighted by Crippen LogP contribution is -2.17. The van der Waals surface area contributed by atoms with Crippen LogP contribution in [0.2, 0.25) is 0 Å². The van der Waals surface area contributed by atoms with Crippen molar-refractivity contribution >= 4 is 5.97 Å². The second-order valence-corrected chi connectivity index (χ2v) is 6.64. The van der Waals surface area contributed by atoms with Gasteiger partial charge in [0.25, 0.3) is 0 Å². The summed E-state index contributed by atoms with van der Waals surface area (Å²) in [6, 6.07) is 7.46. The van der Waals surface area contributed by atoms with Crippen molar-refractivity contribution in [2.45, 2.75) is 25.3 Å². The Morgan fingerprint density at radius 1 is 1.10 bits per heavy atom. The van der Waals surface area contributed by atoms with Crippen molar-refractivity contribution in [3.05, 3.63) is 41.5 Å². The van der Waals surface area contributed by atoms with E-state index in [1.165, 1.54) is 13.2 Å². The first-order valence-electron chi connectivity index (χ1n) is 8.97. The highest BCUT2D eigenvalue weighted by Gasteiger charge is 2.33. The van der Waals surface area contributed by atoms with Crippen LogP contribution in [0.3, 0.4) is 0 Å². The molecule has 0 N–H and O–H groups in total. The van der Waals surface area contributed by atoms with Crippen molar-refractivity contribution in [3.63, 3.8) is 0 Å². The molecule has 0 aromatic heterocycles. The molecule has 1 atom stereocenters. The molecular weight excluding hydrogens is 409 g/mol. The van der Waals surface area contributed by atoms with Crippen LogP contribution in [0.5, 0.6) is 28.7 Å². The first-order valence-corrected chi connectivity index (χ1v) is 8.97. The van der Waals surface area contributed by atoms with E-state index in [2.05, 4.69) is 4.74 Å². The van der Waals surface area contributed by atoms with Gasteiger partial charge in [0, 0.05) is 29.2 Å². The zero-order chi connectivity index (χ0) is 21.3. The molecule has 2 heterocycles. The Morgan fingerprint density at radius 3 is 2.67 bits per heavy atom. The molecule has 4 rings (SSSR count). The Bertz CT molecular complexity index is 958. The summed E-state index contributed by atoms with van der Waals surface area (Å²) in [6.45, 7) is 0.167. The fraction of sp³-hybridized carbons (Fsp3) is 0.350. The molecule has 0 saturated heterocycles. The van der Waals surface area contributed by atoms with E-state index >= 15 is 0 Å². The standard InChI is InChI=1S/C20H17F3O7/c1-25-18(24)5-11-8-27-16-6-13(2-3-15(11)16)26-9-12-4-14(30-20(21,22)23)7-17-19(12)29-10-28-17/h2-4,6-7,11H,5,8-10H2,1H3/t11-/m1/s1. The number of esters is 1. The van der Waals surface area contributed by atoms with Crippen LogP contribution in [-0.4, -0.2) is 32.8 Å². The van der Waals surface area contributed by atoms with Crippen molar-refractivity contribution in [2.24, 2.45) is 0 Å². The topological polar surface area (TPSA) is 72.5 Å². The summed E-state index contributed by atoms with van der Waals surface area (Å²) in [5, 5.41) is 0. The molecule has 0 amide bonds. The maximum atomic E-state index is 12.6. The van der Waals surface area contributed by atoms with Gasteiger partial charge < -0.3 is 28.4 Å².